The van der Waals surface area contributed by atoms with Crippen LogP contribution in [0.4, 0.5) is 5.69 Å². The average molecular weight is 261 g/mol. The molecule has 1 heterocycles. The Bertz CT molecular complexity index is 416. The molecule has 1 fully saturated rings. The van der Waals surface area contributed by atoms with Crippen LogP contribution < -0.4 is 11.3 Å². The highest BCUT2D eigenvalue weighted by Crippen LogP contribution is 2.21. The van der Waals surface area contributed by atoms with Crippen molar-refractivity contribution < 1.29 is 4.79 Å². The van der Waals surface area contributed by atoms with Crippen LogP contribution in [-0.4, -0.2) is 23.9 Å². The van der Waals surface area contributed by atoms with Crippen molar-refractivity contribution in [1.29, 1.82) is 0 Å². The van der Waals surface area contributed by atoms with Gasteiger partial charge >= 0.3 is 0 Å². The normalized spacial score (nSPS) is 19.9. The van der Waals surface area contributed by atoms with Crippen LogP contribution in [0.1, 0.15) is 43.0 Å². The monoisotopic (exact) mass is 261 g/mol. The SMILES string of the molecule is CCC1CCCN(C(=O)c2ccc(NN)cc2)CC1. The largest absolute Gasteiger partial charge is 0.339 e. The number of anilines is 1. The van der Waals surface area contributed by atoms with Gasteiger partial charge in [0.15, 0.2) is 0 Å². The number of hydrogen-bond acceptors (Lipinski definition) is 3. The summed E-state index contributed by atoms with van der Waals surface area (Å²) in [6.45, 7) is 4.00. The van der Waals surface area contributed by atoms with Crippen LogP contribution >= 0.6 is 0 Å². The Morgan fingerprint density at radius 1 is 1.32 bits per heavy atom. The molecular weight excluding hydrogens is 238 g/mol. The van der Waals surface area contributed by atoms with Gasteiger partial charge in [-0.15, -0.1) is 0 Å². The van der Waals surface area contributed by atoms with Gasteiger partial charge in [-0.3, -0.25) is 10.6 Å². The third kappa shape index (κ3) is 3.47. The van der Waals surface area contributed by atoms with Crippen molar-refractivity contribution in [2.24, 2.45) is 11.8 Å². The molecule has 1 amide bonds. The van der Waals surface area contributed by atoms with E-state index in [1.807, 2.05) is 29.2 Å². The first-order valence-corrected chi connectivity index (χ1v) is 7.10. The summed E-state index contributed by atoms with van der Waals surface area (Å²) in [4.78, 5) is 14.4. The Morgan fingerprint density at radius 3 is 2.68 bits per heavy atom. The fourth-order valence-electron chi connectivity index (χ4n) is 2.67. The van der Waals surface area contributed by atoms with Gasteiger partial charge in [0.2, 0.25) is 0 Å². The van der Waals surface area contributed by atoms with E-state index in [4.69, 9.17) is 5.84 Å². The molecule has 1 unspecified atom stereocenters. The zero-order valence-electron chi connectivity index (χ0n) is 11.6. The number of benzene rings is 1. The first kappa shape index (κ1) is 13.9. The summed E-state index contributed by atoms with van der Waals surface area (Å²) in [5.74, 6) is 6.24. The number of rotatable bonds is 3. The Labute approximate surface area is 114 Å². The maximum atomic E-state index is 12.4. The quantitative estimate of drug-likeness (QED) is 0.649. The van der Waals surface area contributed by atoms with E-state index < -0.39 is 0 Å². The molecule has 19 heavy (non-hydrogen) atoms. The smallest absolute Gasteiger partial charge is 0.253 e. The molecule has 0 saturated carbocycles. The molecule has 2 rings (SSSR count). The van der Waals surface area contributed by atoms with Gasteiger partial charge < -0.3 is 10.3 Å². The zero-order chi connectivity index (χ0) is 13.7. The maximum absolute atomic E-state index is 12.4. The minimum Gasteiger partial charge on any atom is -0.339 e. The number of amides is 1. The van der Waals surface area contributed by atoms with Crippen LogP contribution in [0.15, 0.2) is 24.3 Å². The summed E-state index contributed by atoms with van der Waals surface area (Å²) in [6, 6.07) is 7.33. The van der Waals surface area contributed by atoms with E-state index in [1.165, 1.54) is 12.8 Å². The minimum absolute atomic E-state index is 0.139. The molecule has 1 aromatic carbocycles. The van der Waals surface area contributed by atoms with E-state index in [-0.39, 0.29) is 5.91 Å². The van der Waals surface area contributed by atoms with E-state index in [2.05, 4.69) is 12.3 Å². The lowest BCUT2D eigenvalue weighted by atomic mass is 9.98. The van der Waals surface area contributed by atoms with Gasteiger partial charge in [-0.05, 0) is 49.4 Å². The number of nitrogens with zero attached hydrogens (tertiary/aromatic N) is 1. The standard InChI is InChI=1S/C15H23N3O/c1-2-12-4-3-10-18(11-9-12)15(19)13-5-7-14(17-16)8-6-13/h5-8,12,17H,2-4,9-11,16H2,1H3. The molecule has 1 atom stereocenters. The second-order valence-corrected chi connectivity index (χ2v) is 5.22. The third-order valence-electron chi connectivity index (χ3n) is 4.01. The summed E-state index contributed by atoms with van der Waals surface area (Å²) in [7, 11) is 0. The van der Waals surface area contributed by atoms with Crippen molar-refractivity contribution in [1.82, 2.24) is 4.90 Å². The Hall–Kier alpha value is -1.55. The molecular formula is C15H23N3O. The lowest BCUT2D eigenvalue weighted by Gasteiger charge is -2.20. The molecule has 4 nitrogen and oxygen atoms in total. The van der Waals surface area contributed by atoms with E-state index >= 15 is 0 Å². The maximum Gasteiger partial charge on any atom is 0.253 e. The molecule has 3 N–H and O–H groups in total. The van der Waals surface area contributed by atoms with Crippen molar-refractivity contribution in [3.63, 3.8) is 0 Å². The molecule has 0 aliphatic carbocycles. The molecule has 1 aliphatic rings. The number of likely N-dealkylation sites (tertiary alicyclic amines) is 1. The molecule has 0 aromatic heterocycles. The summed E-state index contributed by atoms with van der Waals surface area (Å²) < 4.78 is 0. The second-order valence-electron chi connectivity index (χ2n) is 5.22. The molecule has 0 spiro atoms. The fourth-order valence-corrected chi connectivity index (χ4v) is 2.67. The molecule has 0 radical (unpaired) electrons. The van der Waals surface area contributed by atoms with E-state index in [0.717, 1.165) is 43.1 Å². The van der Waals surface area contributed by atoms with E-state index in [1.54, 1.807) is 0 Å². The molecule has 104 valence electrons. The fraction of sp³-hybridized carbons (Fsp3) is 0.533. The van der Waals surface area contributed by atoms with Crippen LogP contribution in [0.3, 0.4) is 0 Å². The van der Waals surface area contributed by atoms with Crippen LogP contribution in [0, 0.1) is 5.92 Å². The predicted molar refractivity (Wildman–Crippen MR) is 77.8 cm³/mol. The van der Waals surface area contributed by atoms with Crippen LogP contribution in [0.25, 0.3) is 0 Å². The molecule has 4 heteroatoms. The first-order chi connectivity index (χ1) is 9.24. The van der Waals surface area contributed by atoms with E-state index in [0.29, 0.717) is 0 Å². The first-order valence-electron chi connectivity index (χ1n) is 7.10. The zero-order valence-corrected chi connectivity index (χ0v) is 11.6. The van der Waals surface area contributed by atoms with Crippen LogP contribution in [0.2, 0.25) is 0 Å². The number of carbonyl (C=O) groups is 1. The topological polar surface area (TPSA) is 58.4 Å². The highest BCUT2D eigenvalue weighted by molar-refractivity contribution is 5.94. The van der Waals surface area contributed by atoms with Gasteiger partial charge in [0.1, 0.15) is 0 Å². The lowest BCUT2D eigenvalue weighted by molar-refractivity contribution is 0.0760. The van der Waals surface area contributed by atoms with Crippen molar-refractivity contribution in [3.05, 3.63) is 29.8 Å². The Morgan fingerprint density at radius 2 is 2.05 bits per heavy atom. The average Bonchev–Trinajstić information content (AvgIpc) is 2.72. The van der Waals surface area contributed by atoms with Crippen LogP contribution in [0.5, 0.6) is 0 Å². The molecule has 0 bridgehead atoms. The number of nitrogen functional groups attached to an aromatic ring is 1. The van der Waals surface area contributed by atoms with Gasteiger partial charge in [-0.25, -0.2) is 0 Å². The van der Waals surface area contributed by atoms with Gasteiger partial charge in [-0.2, -0.15) is 0 Å². The minimum atomic E-state index is 0.139. The van der Waals surface area contributed by atoms with Crippen LogP contribution in [-0.2, 0) is 0 Å². The van der Waals surface area contributed by atoms with Crippen molar-refractivity contribution >= 4 is 11.6 Å². The third-order valence-corrected chi connectivity index (χ3v) is 4.01. The molecule has 1 saturated heterocycles. The predicted octanol–water partition coefficient (Wildman–Crippen LogP) is 2.62. The Balaban J connectivity index is 2.01. The highest BCUT2D eigenvalue weighted by atomic mass is 16.2. The summed E-state index contributed by atoms with van der Waals surface area (Å²) in [5.41, 5.74) is 4.13. The van der Waals surface area contributed by atoms with Gasteiger partial charge in [0.05, 0.1) is 0 Å². The summed E-state index contributed by atoms with van der Waals surface area (Å²) in [6.07, 6.45) is 4.71. The Kier molecular flexibility index (Phi) is 4.80. The molecule has 1 aromatic rings. The summed E-state index contributed by atoms with van der Waals surface area (Å²) >= 11 is 0. The van der Waals surface area contributed by atoms with Crippen molar-refractivity contribution in [2.45, 2.75) is 32.6 Å². The lowest BCUT2D eigenvalue weighted by Crippen LogP contribution is -2.32. The van der Waals surface area contributed by atoms with Gasteiger partial charge in [0.25, 0.3) is 5.91 Å². The number of hydrogen-bond donors (Lipinski definition) is 2. The number of nitrogens with one attached hydrogen (secondary N) is 1. The van der Waals surface area contributed by atoms with E-state index in [9.17, 15) is 4.79 Å². The molecule has 1 aliphatic heterocycles. The number of nitrogens with two attached hydrogens (primary N) is 1. The van der Waals surface area contributed by atoms with Crippen molar-refractivity contribution in [3.8, 4) is 0 Å². The summed E-state index contributed by atoms with van der Waals surface area (Å²) in [5, 5.41) is 0. The highest BCUT2D eigenvalue weighted by Gasteiger charge is 2.20. The number of carbonyl (C=O) groups excluding carboxylic acids is 1. The van der Waals surface area contributed by atoms with Gasteiger partial charge in [-0.1, -0.05) is 13.3 Å². The number of hydrazine groups is 1. The van der Waals surface area contributed by atoms with Gasteiger partial charge in [0, 0.05) is 24.3 Å². The van der Waals surface area contributed by atoms with Crippen molar-refractivity contribution in [2.75, 3.05) is 18.5 Å². The second kappa shape index (κ2) is 6.57.